The number of carbonyl (C=O) groups is 1. The number of aromatic amines is 4. The number of aromatic nitrogens is 9. The Morgan fingerprint density at radius 2 is 0.988 bits per heavy atom. The summed E-state index contributed by atoms with van der Waals surface area (Å²) in [5.41, 5.74) is 9.23. The predicted molar refractivity (Wildman–Crippen MR) is 320 cm³/mol. The summed E-state index contributed by atoms with van der Waals surface area (Å²) >= 11 is 30.3. The average molecular weight is 1160 g/mol. The van der Waals surface area contributed by atoms with Crippen LogP contribution in [0.4, 0.5) is 17.5 Å². The molecule has 15 nitrogen and oxygen atoms in total. The van der Waals surface area contributed by atoms with Gasteiger partial charge in [-0.2, -0.15) is 0 Å². The first-order valence-corrected chi connectivity index (χ1v) is 26.8. The molecule has 12 aromatic rings. The average Bonchev–Trinajstić information content (AvgIpc) is 4.24. The fourth-order valence-corrected chi connectivity index (χ4v) is 9.48. The summed E-state index contributed by atoms with van der Waals surface area (Å²) in [6.07, 6.45) is 10.1. The van der Waals surface area contributed by atoms with Crippen LogP contribution in [-0.2, 0) is 26.1 Å². The van der Waals surface area contributed by atoms with Crippen LogP contribution >= 0.6 is 58.0 Å². The number of aliphatic hydroxyl groups excluding tert-OH is 1. The summed E-state index contributed by atoms with van der Waals surface area (Å²) in [6, 6.07) is 44.7. The molecule has 12 rings (SSSR count). The van der Waals surface area contributed by atoms with Gasteiger partial charge in [0.2, 0.25) is 0 Å². The number of fused-ring (bicyclic) bond motifs is 3. The highest BCUT2D eigenvalue weighted by atomic mass is 35.5. The maximum Gasteiger partial charge on any atom is 0.253 e. The van der Waals surface area contributed by atoms with Crippen molar-refractivity contribution in [3.8, 4) is 0 Å². The van der Waals surface area contributed by atoms with Gasteiger partial charge in [0.1, 0.15) is 50.8 Å². The molecule has 9 heterocycles. The van der Waals surface area contributed by atoms with Crippen molar-refractivity contribution in [1.29, 1.82) is 0 Å². The number of hydrogen-bond donors (Lipinski definition) is 8. The van der Waals surface area contributed by atoms with Gasteiger partial charge in [0, 0.05) is 117 Å². The lowest BCUT2D eigenvalue weighted by Crippen LogP contribution is -2.15. The molecule has 3 aromatic carbocycles. The molecule has 80 heavy (non-hydrogen) atoms. The molecule has 9 aromatic heterocycles. The lowest BCUT2D eigenvalue weighted by atomic mass is 10.0. The summed E-state index contributed by atoms with van der Waals surface area (Å²) in [6.45, 7) is 1.78. The fraction of sp³-hybridized carbons (Fsp3) is 0.0833. The number of carbonyl (C=O) groups excluding carboxylic acids is 1. The second-order valence-corrected chi connectivity index (χ2v) is 20.2. The highest BCUT2D eigenvalue weighted by molar-refractivity contribution is 6.34. The third-order valence-electron chi connectivity index (χ3n) is 12.8. The highest BCUT2D eigenvalue weighted by Crippen LogP contribution is 2.32. The van der Waals surface area contributed by atoms with Crippen LogP contribution in [0.2, 0.25) is 25.4 Å². The van der Waals surface area contributed by atoms with E-state index in [0.29, 0.717) is 92.0 Å². The van der Waals surface area contributed by atoms with Crippen LogP contribution in [0.1, 0.15) is 61.0 Å². The van der Waals surface area contributed by atoms with E-state index < -0.39 is 6.10 Å². The largest absolute Gasteiger partial charge is 0.383 e. The number of nitrogens with one attached hydrogen (secondary N) is 7. The van der Waals surface area contributed by atoms with E-state index in [1.165, 1.54) is 0 Å². The van der Waals surface area contributed by atoms with Crippen LogP contribution in [-0.4, -0.2) is 55.7 Å². The zero-order valence-corrected chi connectivity index (χ0v) is 45.9. The number of H-pyrrole nitrogens is 4. The van der Waals surface area contributed by atoms with Gasteiger partial charge in [0.25, 0.3) is 5.56 Å². The molecule has 0 fully saturated rings. The minimum Gasteiger partial charge on any atom is -0.383 e. The molecule has 1 atom stereocenters. The molecule has 20 heteroatoms. The van der Waals surface area contributed by atoms with Crippen LogP contribution in [0.3, 0.4) is 0 Å². The molecule has 8 N–H and O–H groups in total. The maximum absolute atomic E-state index is 12.9. The maximum atomic E-state index is 12.9. The first kappa shape index (κ1) is 54.8. The van der Waals surface area contributed by atoms with Gasteiger partial charge >= 0.3 is 0 Å². The molecule has 0 saturated heterocycles. The molecule has 0 amide bonds. The molecule has 0 aliphatic heterocycles. The van der Waals surface area contributed by atoms with Crippen molar-refractivity contribution in [2.24, 2.45) is 0 Å². The number of ketones is 1. The zero-order chi connectivity index (χ0) is 55.5. The van der Waals surface area contributed by atoms with Crippen molar-refractivity contribution >= 4 is 114 Å². The molecular weight excluding hydrogens is 1110 g/mol. The standard InChI is InChI=1S/C20H16Cl2N4O.C20H14Cl2N4O.C20H17ClN4O/c2*21-13-5-3-12(4-6-13)10-24-17-8-7-15(19(22)26-17)18(27)16-11-25-20-14(16)2-1-9-23-20;21-16-6-3-13(4-7-16)11-23-18-8-5-14(20(26)25-18)10-15-12-24-19-17(15)2-1-9-22-19/h1-9,11,18,27H,10H2,(H,23,25)(H,24,26);1-9,11H,10H2,(H,23,25)(H,24,26);1-9,12H,10-11H2,(H,22,24)(H2,23,25,26). The summed E-state index contributed by atoms with van der Waals surface area (Å²) in [7, 11) is 0. The van der Waals surface area contributed by atoms with Crippen molar-refractivity contribution < 1.29 is 9.90 Å². The Balaban J connectivity index is 0.000000135. The van der Waals surface area contributed by atoms with Crippen LogP contribution in [0.15, 0.2) is 188 Å². The number of benzene rings is 3. The van der Waals surface area contributed by atoms with E-state index in [-0.39, 0.29) is 21.6 Å². The third-order valence-corrected chi connectivity index (χ3v) is 14.2. The van der Waals surface area contributed by atoms with E-state index in [1.54, 1.807) is 61.3 Å². The van der Waals surface area contributed by atoms with Crippen molar-refractivity contribution in [3.05, 3.63) is 269 Å². The van der Waals surface area contributed by atoms with Gasteiger partial charge in [0.05, 0.1) is 5.56 Å². The lowest BCUT2D eigenvalue weighted by molar-refractivity contribution is 0.104. The van der Waals surface area contributed by atoms with E-state index in [2.05, 4.69) is 60.8 Å². The van der Waals surface area contributed by atoms with Gasteiger partial charge in [-0.3, -0.25) is 9.59 Å². The van der Waals surface area contributed by atoms with E-state index in [4.69, 9.17) is 58.0 Å². The molecule has 0 aliphatic rings. The van der Waals surface area contributed by atoms with E-state index in [1.807, 2.05) is 121 Å². The SMILES string of the molecule is O=C(c1ccc(NCc2ccc(Cl)cc2)nc1Cl)c1c[nH]c2ncccc12.O=c1[nH]c(NCc2ccc(Cl)cc2)ccc1Cc1c[nH]c2ncccc12.OC(c1ccc(NCc2ccc(Cl)cc2)nc1Cl)c1c[nH]c2ncccc12. The number of halogens is 5. The number of hydrogen-bond acceptors (Lipinski definition) is 11. The Morgan fingerprint density at radius 1 is 0.487 bits per heavy atom. The quantitative estimate of drug-likeness (QED) is 0.0357. The van der Waals surface area contributed by atoms with Crippen molar-refractivity contribution in [2.45, 2.75) is 32.2 Å². The monoisotopic (exact) mass is 1160 g/mol. The van der Waals surface area contributed by atoms with Gasteiger partial charge in [-0.15, -0.1) is 0 Å². The summed E-state index contributed by atoms with van der Waals surface area (Å²) in [5.74, 6) is 1.71. The first-order valence-electron chi connectivity index (χ1n) is 24.9. The van der Waals surface area contributed by atoms with Gasteiger partial charge in [-0.05, 0) is 131 Å². The summed E-state index contributed by atoms with van der Waals surface area (Å²) in [5, 5.41) is 25.5. The minimum atomic E-state index is -0.895. The number of pyridine rings is 6. The van der Waals surface area contributed by atoms with Crippen molar-refractivity contribution in [2.75, 3.05) is 16.0 Å². The Kier molecular flexibility index (Phi) is 17.5. The lowest BCUT2D eigenvalue weighted by Gasteiger charge is -2.13. The first-order chi connectivity index (χ1) is 38.9. The number of anilines is 3. The molecule has 0 bridgehead atoms. The minimum absolute atomic E-state index is 0.0932. The number of rotatable bonds is 15. The molecule has 0 saturated carbocycles. The zero-order valence-electron chi connectivity index (χ0n) is 42.1. The Labute approximate surface area is 482 Å². The molecule has 0 spiro atoms. The Hall–Kier alpha value is -8.54. The molecule has 0 aliphatic carbocycles. The van der Waals surface area contributed by atoms with Gasteiger partial charge in [0.15, 0.2) is 5.78 Å². The van der Waals surface area contributed by atoms with Gasteiger partial charge in [-0.1, -0.05) is 94.4 Å². The smallest absolute Gasteiger partial charge is 0.253 e. The van der Waals surface area contributed by atoms with Crippen LogP contribution < -0.4 is 21.5 Å². The Bertz CT molecular complexity index is 4150. The van der Waals surface area contributed by atoms with Crippen LogP contribution in [0.25, 0.3) is 33.1 Å². The highest BCUT2D eigenvalue weighted by Gasteiger charge is 2.21. The van der Waals surface area contributed by atoms with Gasteiger partial charge < -0.3 is 41.0 Å². The third kappa shape index (κ3) is 13.5. The fourth-order valence-electron chi connectivity index (χ4n) is 8.61. The van der Waals surface area contributed by atoms with Gasteiger partial charge in [-0.25, -0.2) is 24.9 Å². The molecule has 400 valence electrons. The summed E-state index contributed by atoms with van der Waals surface area (Å²) in [4.78, 5) is 58.7. The number of nitrogens with zero attached hydrogens (tertiary/aromatic N) is 5. The molecular formula is C60H47Cl5N12O3. The Morgan fingerprint density at radius 3 is 1.56 bits per heavy atom. The van der Waals surface area contributed by atoms with E-state index >= 15 is 0 Å². The predicted octanol–water partition coefficient (Wildman–Crippen LogP) is 14.2. The topological polar surface area (TPSA) is 218 Å². The second-order valence-electron chi connectivity index (χ2n) is 18.1. The van der Waals surface area contributed by atoms with Crippen LogP contribution in [0.5, 0.6) is 0 Å². The second kappa shape index (κ2) is 25.5. The van der Waals surface area contributed by atoms with Crippen LogP contribution in [0, 0.1) is 0 Å². The van der Waals surface area contributed by atoms with Crippen molar-refractivity contribution in [3.63, 3.8) is 0 Å². The molecule has 0 radical (unpaired) electrons. The van der Waals surface area contributed by atoms with Crippen molar-refractivity contribution in [1.82, 2.24) is 44.9 Å². The normalized spacial score (nSPS) is 11.4. The summed E-state index contributed by atoms with van der Waals surface area (Å²) < 4.78 is 0. The van der Waals surface area contributed by atoms with E-state index in [9.17, 15) is 14.7 Å². The molecule has 1 unspecified atom stereocenters. The van der Waals surface area contributed by atoms with E-state index in [0.717, 1.165) is 49.7 Å². The number of aliphatic hydroxyl groups is 1.